The van der Waals surface area contributed by atoms with Gasteiger partial charge < -0.3 is 10.5 Å². The standard InChI is InChI=1S/C10H11F3N2O2/c1-17-9(16)7(14)4-6-2-3-8(15-5-6)10(11,12)13/h2-3,5,7H,4,14H2,1H3/t7-/m1/s1. The molecule has 94 valence electrons. The topological polar surface area (TPSA) is 65.2 Å². The van der Waals surface area contributed by atoms with Crippen molar-refractivity contribution in [2.75, 3.05) is 7.11 Å². The first-order valence-corrected chi connectivity index (χ1v) is 4.70. The van der Waals surface area contributed by atoms with Crippen LogP contribution in [0.1, 0.15) is 11.3 Å². The number of aromatic nitrogens is 1. The summed E-state index contributed by atoms with van der Waals surface area (Å²) < 4.78 is 41.0. The Hall–Kier alpha value is -1.63. The quantitative estimate of drug-likeness (QED) is 0.815. The highest BCUT2D eigenvalue weighted by Crippen LogP contribution is 2.27. The summed E-state index contributed by atoms with van der Waals surface area (Å²) >= 11 is 0. The second-order valence-corrected chi connectivity index (χ2v) is 3.38. The van der Waals surface area contributed by atoms with Crippen LogP contribution in [0.2, 0.25) is 0 Å². The van der Waals surface area contributed by atoms with Gasteiger partial charge in [-0.1, -0.05) is 6.07 Å². The van der Waals surface area contributed by atoms with Crippen LogP contribution in [0.3, 0.4) is 0 Å². The summed E-state index contributed by atoms with van der Waals surface area (Å²) in [6.07, 6.45) is -3.34. The van der Waals surface area contributed by atoms with Gasteiger partial charge in [-0.3, -0.25) is 9.78 Å². The minimum absolute atomic E-state index is 0.0812. The number of nitrogens with zero attached hydrogens (tertiary/aromatic N) is 1. The summed E-state index contributed by atoms with van der Waals surface area (Å²) in [7, 11) is 1.19. The normalized spacial score (nSPS) is 13.2. The number of pyridine rings is 1. The number of alkyl halides is 3. The Labute approximate surface area is 95.6 Å². The Morgan fingerprint density at radius 1 is 1.53 bits per heavy atom. The van der Waals surface area contributed by atoms with Crippen molar-refractivity contribution in [3.63, 3.8) is 0 Å². The van der Waals surface area contributed by atoms with E-state index < -0.39 is 23.9 Å². The van der Waals surface area contributed by atoms with Gasteiger partial charge in [0.15, 0.2) is 0 Å². The van der Waals surface area contributed by atoms with E-state index in [0.29, 0.717) is 5.56 Å². The fourth-order valence-electron chi connectivity index (χ4n) is 1.20. The molecule has 0 bridgehead atoms. The molecule has 0 aliphatic carbocycles. The van der Waals surface area contributed by atoms with Crippen LogP contribution in [-0.4, -0.2) is 24.1 Å². The molecule has 0 spiro atoms. The Kier molecular flexibility index (Phi) is 4.06. The molecule has 0 aromatic carbocycles. The molecule has 1 rings (SSSR count). The largest absolute Gasteiger partial charge is 0.468 e. The van der Waals surface area contributed by atoms with E-state index in [9.17, 15) is 18.0 Å². The molecule has 0 aliphatic rings. The highest BCUT2D eigenvalue weighted by molar-refractivity contribution is 5.75. The first kappa shape index (κ1) is 13.4. The Morgan fingerprint density at radius 2 is 2.18 bits per heavy atom. The van der Waals surface area contributed by atoms with Crippen molar-refractivity contribution < 1.29 is 22.7 Å². The van der Waals surface area contributed by atoms with Gasteiger partial charge in [0, 0.05) is 6.20 Å². The van der Waals surface area contributed by atoms with Gasteiger partial charge in [-0.25, -0.2) is 0 Å². The van der Waals surface area contributed by atoms with Gasteiger partial charge in [-0.2, -0.15) is 13.2 Å². The van der Waals surface area contributed by atoms with E-state index in [4.69, 9.17) is 5.73 Å². The molecule has 0 unspecified atom stereocenters. The predicted octanol–water partition coefficient (Wildman–Crippen LogP) is 1.14. The van der Waals surface area contributed by atoms with Gasteiger partial charge >= 0.3 is 12.1 Å². The number of methoxy groups -OCH3 is 1. The third kappa shape index (κ3) is 3.70. The van der Waals surface area contributed by atoms with Crippen molar-refractivity contribution in [1.82, 2.24) is 4.98 Å². The molecule has 0 saturated carbocycles. The third-order valence-corrected chi connectivity index (χ3v) is 2.07. The predicted molar refractivity (Wildman–Crippen MR) is 52.9 cm³/mol. The number of hydrogen-bond acceptors (Lipinski definition) is 4. The lowest BCUT2D eigenvalue weighted by atomic mass is 10.1. The summed E-state index contributed by atoms with van der Waals surface area (Å²) in [6, 6.07) is 1.18. The van der Waals surface area contributed by atoms with Crippen LogP contribution in [-0.2, 0) is 22.1 Å². The van der Waals surface area contributed by atoms with E-state index in [0.717, 1.165) is 12.3 Å². The lowest BCUT2D eigenvalue weighted by Crippen LogP contribution is -2.33. The Balaban J connectivity index is 2.72. The van der Waals surface area contributed by atoms with Crippen LogP contribution >= 0.6 is 0 Å². The van der Waals surface area contributed by atoms with Crippen LogP contribution in [0, 0.1) is 0 Å². The number of carbonyl (C=O) groups is 1. The second-order valence-electron chi connectivity index (χ2n) is 3.38. The highest BCUT2D eigenvalue weighted by Gasteiger charge is 2.32. The van der Waals surface area contributed by atoms with Crippen molar-refractivity contribution >= 4 is 5.97 Å². The maximum atomic E-state index is 12.2. The monoisotopic (exact) mass is 248 g/mol. The molecule has 1 atom stereocenters. The van der Waals surface area contributed by atoms with Gasteiger partial charge in [0.05, 0.1) is 7.11 Å². The van der Waals surface area contributed by atoms with E-state index in [1.165, 1.54) is 13.2 Å². The number of nitrogens with two attached hydrogens (primary N) is 1. The molecule has 7 heteroatoms. The summed E-state index contributed by atoms with van der Waals surface area (Å²) in [4.78, 5) is 14.3. The van der Waals surface area contributed by atoms with Crippen LogP contribution in [0.4, 0.5) is 13.2 Å². The van der Waals surface area contributed by atoms with Crippen LogP contribution in [0.15, 0.2) is 18.3 Å². The minimum atomic E-state index is -4.47. The van der Waals surface area contributed by atoms with Crippen LogP contribution in [0.5, 0.6) is 0 Å². The Morgan fingerprint density at radius 3 is 2.59 bits per heavy atom. The average molecular weight is 248 g/mol. The first-order chi connectivity index (χ1) is 7.84. The Bertz CT molecular complexity index is 390. The van der Waals surface area contributed by atoms with E-state index in [1.54, 1.807) is 0 Å². The number of ether oxygens (including phenoxy) is 1. The molecule has 1 aromatic rings. The molecule has 0 amide bonds. The molecule has 1 heterocycles. The van der Waals surface area contributed by atoms with Crippen molar-refractivity contribution in [2.45, 2.75) is 18.6 Å². The highest BCUT2D eigenvalue weighted by atomic mass is 19.4. The molecule has 1 aromatic heterocycles. The van der Waals surface area contributed by atoms with Gasteiger partial charge in [0.1, 0.15) is 11.7 Å². The van der Waals surface area contributed by atoms with Gasteiger partial charge in [-0.15, -0.1) is 0 Å². The molecule has 0 aliphatic heterocycles. The van der Waals surface area contributed by atoms with Crippen molar-refractivity contribution in [3.8, 4) is 0 Å². The zero-order valence-electron chi connectivity index (χ0n) is 8.99. The lowest BCUT2D eigenvalue weighted by molar-refractivity contribution is -0.142. The summed E-state index contributed by atoms with van der Waals surface area (Å²) in [5.41, 5.74) is 4.92. The van der Waals surface area contributed by atoms with Crippen LogP contribution in [0.25, 0.3) is 0 Å². The first-order valence-electron chi connectivity index (χ1n) is 4.70. The van der Waals surface area contributed by atoms with Gasteiger partial charge in [-0.05, 0) is 18.1 Å². The zero-order chi connectivity index (χ0) is 13.1. The second kappa shape index (κ2) is 5.13. The lowest BCUT2D eigenvalue weighted by Gasteiger charge is -2.10. The van der Waals surface area contributed by atoms with Crippen molar-refractivity contribution in [2.24, 2.45) is 5.73 Å². The number of rotatable bonds is 3. The molecule has 4 nitrogen and oxygen atoms in total. The summed E-state index contributed by atoms with van der Waals surface area (Å²) in [5, 5.41) is 0. The van der Waals surface area contributed by atoms with Crippen molar-refractivity contribution in [1.29, 1.82) is 0 Å². The number of hydrogen-bond donors (Lipinski definition) is 1. The van der Waals surface area contributed by atoms with Crippen LogP contribution < -0.4 is 5.73 Å². The molecule has 0 saturated heterocycles. The minimum Gasteiger partial charge on any atom is -0.468 e. The van der Waals surface area contributed by atoms with Crippen molar-refractivity contribution in [3.05, 3.63) is 29.6 Å². The molecular weight excluding hydrogens is 237 g/mol. The fraction of sp³-hybridized carbons (Fsp3) is 0.400. The SMILES string of the molecule is COC(=O)[C@H](N)Cc1ccc(C(F)(F)F)nc1. The van der Waals surface area contributed by atoms with E-state index in [2.05, 4.69) is 9.72 Å². The van der Waals surface area contributed by atoms with E-state index >= 15 is 0 Å². The number of halogens is 3. The maximum Gasteiger partial charge on any atom is 0.433 e. The fourth-order valence-corrected chi connectivity index (χ4v) is 1.20. The zero-order valence-corrected chi connectivity index (χ0v) is 8.99. The number of carbonyl (C=O) groups excluding carboxylic acids is 1. The number of esters is 1. The molecule has 17 heavy (non-hydrogen) atoms. The maximum absolute atomic E-state index is 12.2. The molecule has 0 radical (unpaired) electrons. The molecular formula is C10H11F3N2O2. The third-order valence-electron chi connectivity index (χ3n) is 2.07. The average Bonchev–Trinajstić information content (AvgIpc) is 2.27. The summed E-state index contributed by atoms with van der Waals surface area (Å²) in [5.74, 6) is -0.620. The summed E-state index contributed by atoms with van der Waals surface area (Å²) in [6.45, 7) is 0. The van der Waals surface area contributed by atoms with Gasteiger partial charge in [0.25, 0.3) is 0 Å². The smallest absolute Gasteiger partial charge is 0.433 e. The van der Waals surface area contributed by atoms with E-state index in [1.807, 2.05) is 0 Å². The van der Waals surface area contributed by atoms with Gasteiger partial charge in [0.2, 0.25) is 0 Å². The van der Waals surface area contributed by atoms with E-state index in [-0.39, 0.29) is 6.42 Å². The molecule has 2 N–H and O–H groups in total. The molecule has 0 fully saturated rings.